The summed E-state index contributed by atoms with van der Waals surface area (Å²) in [6.07, 6.45) is -0.452. The van der Waals surface area contributed by atoms with E-state index in [0.29, 0.717) is 6.54 Å². The Morgan fingerprint density at radius 3 is 2.53 bits per heavy atom. The van der Waals surface area contributed by atoms with Gasteiger partial charge in [0.1, 0.15) is 6.10 Å². The van der Waals surface area contributed by atoms with Gasteiger partial charge in [-0.3, -0.25) is 0 Å². The minimum atomic E-state index is -0.452. The van der Waals surface area contributed by atoms with Crippen molar-refractivity contribution in [2.24, 2.45) is 0 Å². The molecule has 0 saturated heterocycles. The Labute approximate surface area is 124 Å². The lowest BCUT2D eigenvalue weighted by Crippen LogP contribution is -3.00. The van der Waals surface area contributed by atoms with Crippen LogP contribution in [0.3, 0.4) is 0 Å². The van der Waals surface area contributed by atoms with E-state index in [2.05, 4.69) is 25.9 Å². The molecule has 0 aliphatic heterocycles. The molecule has 2 nitrogen and oxygen atoms in total. The molecule has 0 aliphatic rings. The molecule has 2 aromatic rings. The summed E-state index contributed by atoms with van der Waals surface area (Å²) in [7, 11) is 0. The van der Waals surface area contributed by atoms with E-state index in [1.54, 1.807) is 11.3 Å². The van der Waals surface area contributed by atoms with Crippen LogP contribution in [0.1, 0.15) is 17.4 Å². The molecule has 0 bridgehead atoms. The fraction of sp³-hybridized carbons (Fsp3) is 0.250. The summed E-state index contributed by atoms with van der Waals surface area (Å²) < 4.78 is 3.10. The first-order chi connectivity index (χ1) is 7.66. The molecule has 2 rings (SSSR count). The number of aliphatic hydroxyl groups is 1. The first-order valence-electron chi connectivity index (χ1n) is 5.02. The van der Waals surface area contributed by atoms with Crippen LogP contribution in [0.5, 0.6) is 0 Å². The second-order valence-electron chi connectivity index (χ2n) is 3.72. The average Bonchev–Trinajstić information content (AvgIpc) is 2.65. The lowest BCUT2D eigenvalue weighted by Gasteiger charge is -2.07. The molecule has 1 unspecified atom stereocenters. The molecular weight excluding hydrogens is 366 g/mol. The first kappa shape index (κ1) is 14.8. The maximum Gasteiger partial charge on any atom is 0.225 e. The molecular formula is C12H13Br2NOS. The molecule has 0 amide bonds. The van der Waals surface area contributed by atoms with Crippen molar-refractivity contribution in [3.8, 4) is 0 Å². The van der Waals surface area contributed by atoms with Gasteiger partial charge in [-0.15, -0.1) is 0 Å². The fourth-order valence-electron chi connectivity index (χ4n) is 1.52. The molecule has 1 aromatic heterocycles. The van der Waals surface area contributed by atoms with Crippen molar-refractivity contribution in [1.82, 2.24) is 0 Å². The smallest absolute Gasteiger partial charge is 0.225 e. The molecule has 92 valence electrons. The van der Waals surface area contributed by atoms with Crippen LogP contribution in [0.2, 0.25) is 0 Å². The molecule has 0 spiro atoms. The Balaban J connectivity index is 0.00000144. The Hall–Kier alpha value is -0.230. The molecule has 0 aliphatic carbocycles. The van der Waals surface area contributed by atoms with Gasteiger partial charge in [0.05, 0.1) is 5.38 Å². The van der Waals surface area contributed by atoms with E-state index in [1.165, 1.54) is 5.69 Å². The highest BCUT2D eigenvalue weighted by atomic mass is 79.9. The lowest BCUT2D eigenvalue weighted by atomic mass is 10.1. The summed E-state index contributed by atoms with van der Waals surface area (Å²) in [5.74, 6) is 0. The Morgan fingerprint density at radius 2 is 2.00 bits per heavy atom. The molecule has 1 N–H and O–H groups in total. The van der Waals surface area contributed by atoms with Gasteiger partial charge in [0.25, 0.3) is 0 Å². The number of aryl methyl sites for hydroxylation is 1. The van der Waals surface area contributed by atoms with Gasteiger partial charge < -0.3 is 22.1 Å². The van der Waals surface area contributed by atoms with Crippen molar-refractivity contribution in [3.05, 3.63) is 50.9 Å². The van der Waals surface area contributed by atoms with E-state index in [0.717, 1.165) is 10.0 Å². The third kappa shape index (κ3) is 3.88. The van der Waals surface area contributed by atoms with Crippen LogP contribution >= 0.6 is 27.3 Å². The van der Waals surface area contributed by atoms with Crippen LogP contribution in [0, 0.1) is 6.92 Å². The van der Waals surface area contributed by atoms with Gasteiger partial charge in [-0.1, -0.05) is 39.4 Å². The van der Waals surface area contributed by atoms with Crippen LogP contribution in [-0.4, -0.2) is 5.11 Å². The number of benzene rings is 1. The summed E-state index contributed by atoms with van der Waals surface area (Å²) in [6.45, 7) is 2.65. The third-order valence-corrected chi connectivity index (χ3v) is 3.89. The highest BCUT2D eigenvalue weighted by Gasteiger charge is 2.15. The third-order valence-electron chi connectivity index (χ3n) is 2.50. The number of halogens is 2. The van der Waals surface area contributed by atoms with E-state index in [-0.39, 0.29) is 17.0 Å². The molecule has 17 heavy (non-hydrogen) atoms. The summed E-state index contributed by atoms with van der Waals surface area (Å²) in [4.78, 5) is 0. The van der Waals surface area contributed by atoms with Gasteiger partial charge in [0.2, 0.25) is 5.51 Å². The van der Waals surface area contributed by atoms with Gasteiger partial charge in [0.15, 0.2) is 12.2 Å². The van der Waals surface area contributed by atoms with Crippen molar-refractivity contribution in [3.63, 3.8) is 0 Å². The predicted molar refractivity (Wildman–Crippen MR) is 68.4 cm³/mol. The van der Waals surface area contributed by atoms with Gasteiger partial charge in [-0.05, 0) is 17.7 Å². The first-order valence-corrected chi connectivity index (χ1v) is 6.76. The maximum absolute atomic E-state index is 10.1. The number of aromatic nitrogens is 1. The van der Waals surface area contributed by atoms with Crippen molar-refractivity contribution in [1.29, 1.82) is 0 Å². The minimum absolute atomic E-state index is 0. The van der Waals surface area contributed by atoms with Gasteiger partial charge >= 0.3 is 0 Å². The molecule has 0 fully saturated rings. The van der Waals surface area contributed by atoms with Crippen molar-refractivity contribution >= 4 is 27.3 Å². The second kappa shape index (κ2) is 6.64. The van der Waals surface area contributed by atoms with Gasteiger partial charge in [-0.25, -0.2) is 0 Å². The largest absolute Gasteiger partial charge is 1.00 e. The topological polar surface area (TPSA) is 24.1 Å². The number of aliphatic hydroxyl groups excluding tert-OH is 1. The Morgan fingerprint density at radius 1 is 1.35 bits per heavy atom. The van der Waals surface area contributed by atoms with Crippen LogP contribution in [0.15, 0.2) is 39.6 Å². The molecule has 1 aromatic carbocycles. The van der Waals surface area contributed by atoms with Gasteiger partial charge in [-0.2, -0.15) is 4.57 Å². The normalized spacial score (nSPS) is 11.9. The van der Waals surface area contributed by atoms with Crippen LogP contribution < -0.4 is 21.5 Å². The monoisotopic (exact) mass is 377 g/mol. The number of hydrogen-bond acceptors (Lipinski definition) is 2. The van der Waals surface area contributed by atoms with Crippen molar-refractivity contribution < 1.29 is 26.7 Å². The van der Waals surface area contributed by atoms with Gasteiger partial charge in [0, 0.05) is 11.4 Å². The molecule has 1 atom stereocenters. The summed E-state index contributed by atoms with van der Waals surface area (Å²) in [6, 6.07) is 7.78. The second-order valence-corrected chi connectivity index (χ2v) is 5.35. The Kier molecular flexibility index (Phi) is 5.79. The fourth-order valence-corrected chi connectivity index (χ4v) is 2.57. The van der Waals surface area contributed by atoms with Crippen LogP contribution in [-0.2, 0) is 6.54 Å². The molecule has 1 heterocycles. The standard InChI is InChI=1S/C12H13BrNOS.BrH/c1-9-7-16-8-14(9)6-12(15)10-2-4-11(13)5-3-10;/h2-5,7-8,12,15H,6H2,1H3;1H/q+1;/p-1. The molecule has 0 saturated carbocycles. The number of hydrogen-bond donors (Lipinski definition) is 1. The van der Waals surface area contributed by atoms with Crippen molar-refractivity contribution in [2.75, 3.05) is 0 Å². The lowest BCUT2D eigenvalue weighted by molar-refractivity contribution is -0.705. The van der Waals surface area contributed by atoms with Crippen molar-refractivity contribution in [2.45, 2.75) is 19.6 Å². The van der Waals surface area contributed by atoms with E-state index in [1.807, 2.05) is 36.7 Å². The van der Waals surface area contributed by atoms with E-state index >= 15 is 0 Å². The number of rotatable bonds is 3. The minimum Gasteiger partial charge on any atom is -1.00 e. The summed E-state index contributed by atoms with van der Waals surface area (Å²) in [5, 5.41) is 12.2. The van der Waals surface area contributed by atoms with E-state index < -0.39 is 6.10 Å². The van der Waals surface area contributed by atoms with E-state index in [9.17, 15) is 5.11 Å². The molecule has 0 radical (unpaired) electrons. The zero-order chi connectivity index (χ0) is 11.5. The average molecular weight is 379 g/mol. The highest BCUT2D eigenvalue weighted by Crippen LogP contribution is 2.17. The maximum atomic E-state index is 10.1. The van der Waals surface area contributed by atoms with Crippen LogP contribution in [0.25, 0.3) is 0 Å². The zero-order valence-electron chi connectivity index (χ0n) is 9.31. The van der Waals surface area contributed by atoms with E-state index in [4.69, 9.17) is 0 Å². The number of nitrogens with zero attached hydrogens (tertiary/aromatic N) is 1. The zero-order valence-corrected chi connectivity index (χ0v) is 13.3. The quantitative estimate of drug-likeness (QED) is 0.737. The predicted octanol–water partition coefficient (Wildman–Crippen LogP) is -0.156. The van der Waals surface area contributed by atoms with Crippen LogP contribution in [0.4, 0.5) is 0 Å². The SMILES string of the molecule is Cc1csc[n+]1CC(O)c1ccc(Br)cc1.[Br-]. The molecule has 5 heteroatoms. The number of thiazole rings is 1. The Bertz CT molecular complexity index is 470. The highest BCUT2D eigenvalue weighted by molar-refractivity contribution is 9.10. The summed E-state index contributed by atoms with van der Waals surface area (Å²) >= 11 is 5.03. The summed E-state index contributed by atoms with van der Waals surface area (Å²) in [5.41, 5.74) is 4.15.